The van der Waals surface area contributed by atoms with E-state index < -0.39 is 20.0 Å². The van der Waals surface area contributed by atoms with Crippen molar-refractivity contribution in [2.24, 2.45) is 0 Å². The van der Waals surface area contributed by atoms with Crippen LogP contribution in [0.5, 0.6) is 0 Å². The fraction of sp³-hybridized carbons (Fsp3) is 0.651. The first kappa shape index (κ1) is 49.7. The molecule has 0 saturated carbocycles. The van der Waals surface area contributed by atoms with Crippen molar-refractivity contribution in [3.05, 3.63) is 85.1 Å². The van der Waals surface area contributed by atoms with Crippen LogP contribution in [0.25, 0.3) is 0 Å². The summed E-state index contributed by atoms with van der Waals surface area (Å²) >= 11 is 0. The van der Waals surface area contributed by atoms with E-state index in [-0.39, 0.29) is 19.1 Å². The molecule has 0 bridgehead atoms. The van der Waals surface area contributed by atoms with Gasteiger partial charge in [-0.2, -0.15) is 0 Å². The minimum absolute atomic E-state index is 0.0523. The highest BCUT2D eigenvalue weighted by molar-refractivity contribution is 7.47. The van der Waals surface area contributed by atoms with Crippen LogP contribution in [0.2, 0.25) is 0 Å². The number of likely N-dealkylation sites (N-methyl/N-ethyl adjacent to an activating group) is 1. The van der Waals surface area contributed by atoms with Gasteiger partial charge in [-0.05, 0) is 70.6 Å². The first-order chi connectivity index (χ1) is 25.0. The zero-order chi connectivity index (χ0) is 38.6. The van der Waals surface area contributed by atoms with E-state index in [0.29, 0.717) is 17.4 Å². The van der Waals surface area contributed by atoms with E-state index in [2.05, 4.69) is 92.1 Å². The van der Waals surface area contributed by atoms with E-state index in [0.717, 1.165) is 96.3 Å². The molecule has 9 heteroatoms. The van der Waals surface area contributed by atoms with Crippen molar-refractivity contribution in [2.45, 2.75) is 142 Å². The monoisotopic (exact) mass is 748 g/mol. The van der Waals surface area contributed by atoms with Crippen LogP contribution >= 0.6 is 7.82 Å². The Bertz CT molecular complexity index is 1120. The van der Waals surface area contributed by atoms with Crippen LogP contribution in [0, 0.1) is 0 Å². The highest BCUT2D eigenvalue weighted by Crippen LogP contribution is 2.43. The van der Waals surface area contributed by atoms with Crippen LogP contribution in [0.15, 0.2) is 85.1 Å². The predicted octanol–water partition coefficient (Wildman–Crippen LogP) is 10.6. The zero-order valence-corrected chi connectivity index (χ0v) is 34.4. The van der Waals surface area contributed by atoms with Gasteiger partial charge in [-0.15, -0.1) is 0 Å². The number of phosphoric ester groups is 1. The summed E-state index contributed by atoms with van der Waals surface area (Å²) in [5.74, 6) is -0.205. The van der Waals surface area contributed by atoms with Gasteiger partial charge in [0.2, 0.25) is 5.91 Å². The molecule has 3 unspecified atom stereocenters. The number of allylic oxidation sites excluding steroid dienone is 13. The molecule has 0 aliphatic heterocycles. The van der Waals surface area contributed by atoms with E-state index in [4.69, 9.17) is 9.05 Å². The number of phosphoric acid groups is 1. The van der Waals surface area contributed by atoms with E-state index in [1.54, 1.807) is 6.08 Å². The van der Waals surface area contributed by atoms with Crippen LogP contribution < -0.4 is 5.32 Å². The number of quaternary nitrogens is 1. The first-order valence-electron chi connectivity index (χ1n) is 20.0. The predicted molar refractivity (Wildman–Crippen MR) is 221 cm³/mol. The number of carbonyl (C=O) groups is 1. The van der Waals surface area contributed by atoms with Gasteiger partial charge in [-0.25, -0.2) is 4.57 Å². The topological polar surface area (TPSA) is 105 Å². The molecule has 0 aromatic carbocycles. The highest BCUT2D eigenvalue weighted by Gasteiger charge is 2.27. The van der Waals surface area contributed by atoms with Gasteiger partial charge in [0.1, 0.15) is 13.2 Å². The maximum absolute atomic E-state index is 12.7. The normalized spacial score (nSPS) is 15.4. The third-order valence-corrected chi connectivity index (χ3v) is 9.11. The number of hydrogen-bond acceptors (Lipinski definition) is 5. The van der Waals surface area contributed by atoms with Crippen molar-refractivity contribution < 1.29 is 32.9 Å². The van der Waals surface area contributed by atoms with Gasteiger partial charge in [0, 0.05) is 6.42 Å². The Morgan fingerprint density at radius 3 is 1.69 bits per heavy atom. The Kier molecular flexibility index (Phi) is 32.9. The van der Waals surface area contributed by atoms with E-state index >= 15 is 0 Å². The average molecular weight is 748 g/mol. The van der Waals surface area contributed by atoms with Gasteiger partial charge in [-0.3, -0.25) is 13.8 Å². The Labute approximate surface area is 318 Å². The fourth-order valence-electron chi connectivity index (χ4n) is 4.92. The Hall–Kier alpha value is -2.32. The molecule has 3 N–H and O–H groups in total. The molecule has 0 fully saturated rings. The molecule has 8 nitrogen and oxygen atoms in total. The molecule has 298 valence electrons. The van der Waals surface area contributed by atoms with Gasteiger partial charge < -0.3 is 19.8 Å². The van der Waals surface area contributed by atoms with Crippen molar-refractivity contribution >= 4 is 13.7 Å². The van der Waals surface area contributed by atoms with Crippen molar-refractivity contribution in [2.75, 3.05) is 40.9 Å². The lowest BCUT2D eigenvalue weighted by atomic mass is 10.1. The molecule has 0 aliphatic rings. The minimum Gasteiger partial charge on any atom is -0.387 e. The summed E-state index contributed by atoms with van der Waals surface area (Å²) in [7, 11) is 1.54. The van der Waals surface area contributed by atoms with Gasteiger partial charge in [0.15, 0.2) is 0 Å². The smallest absolute Gasteiger partial charge is 0.387 e. The third-order valence-electron chi connectivity index (χ3n) is 8.12. The molecule has 0 aromatic rings. The van der Waals surface area contributed by atoms with Crippen LogP contribution in [0.3, 0.4) is 0 Å². The number of nitrogens with one attached hydrogen (secondary N) is 1. The molecule has 0 radical (unpaired) electrons. The zero-order valence-electron chi connectivity index (χ0n) is 33.5. The second-order valence-corrected chi connectivity index (χ2v) is 15.7. The molecule has 0 aliphatic carbocycles. The van der Waals surface area contributed by atoms with E-state index in [1.807, 2.05) is 27.2 Å². The van der Waals surface area contributed by atoms with Crippen LogP contribution in [-0.4, -0.2) is 73.4 Å². The second-order valence-electron chi connectivity index (χ2n) is 14.3. The molecule has 0 aromatic heterocycles. The van der Waals surface area contributed by atoms with Crippen molar-refractivity contribution in [1.82, 2.24) is 5.32 Å². The molecule has 0 rings (SSSR count). The first-order valence-corrected chi connectivity index (χ1v) is 21.5. The SMILES string of the molecule is CC/C=C\C/C=C\C/C=C\C/C=C\C/C=C\C/C=C\CCCCCCCCC(=O)NC(COP(=O)(O)OCC[N+](C)(C)C)C(O)/C=C/CCCCC. The van der Waals surface area contributed by atoms with Gasteiger partial charge in [0.25, 0.3) is 0 Å². The number of unbranched alkanes of at least 4 members (excludes halogenated alkanes) is 9. The Morgan fingerprint density at radius 2 is 1.15 bits per heavy atom. The van der Waals surface area contributed by atoms with Crippen LogP contribution in [-0.2, 0) is 18.4 Å². The van der Waals surface area contributed by atoms with E-state index in [9.17, 15) is 19.4 Å². The summed E-state index contributed by atoms with van der Waals surface area (Å²) in [6.07, 6.45) is 46.9. The van der Waals surface area contributed by atoms with Crippen molar-refractivity contribution in [3.8, 4) is 0 Å². The quantitative estimate of drug-likeness (QED) is 0.0262. The maximum Gasteiger partial charge on any atom is 0.472 e. The number of aliphatic hydroxyl groups excluding tert-OH is 1. The van der Waals surface area contributed by atoms with E-state index in [1.165, 1.54) is 12.8 Å². The summed E-state index contributed by atoms with van der Waals surface area (Å²) in [5.41, 5.74) is 0. The molecular formula is C43H76N2O6P+. The molecule has 0 saturated heterocycles. The van der Waals surface area contributed by atoms with Gasteiger partial charge >= 0.3 is 7.82 Å². The highest BCUT2D eigenvalue weighted by atomic mass is 31.2. The standard InChI is InChI=1S/C43H75N2O6P/c1-6-8-10-12-13-14-15-16-17-18-19-20-21-22-23-24-25-26-27-28-29-30-31-33-35-37-43(47)44-41(42(46)36-34-32-11-9-7-2)40-51-52(48,49)50-39-38-45(3,4)5/h8,10,13-14,16-17,19-20,22-23,25-26,34,36,41-42,46H,6-7,9,11-12,15,18,21,24,27-33,35,37-40H2,1-5H3,(H-,44,47,48,49)/p+1/b10-8-,14-13-,17-16-,20-19-,23-22-,26-25-,36-34+. The number of amides is 1. The summed E-state index contributed by atoms with van der Waals surface area (Å²) in [4.78, 5) is 22.9. The minimum atomic E-state index is -4.33. The van der Waals surface area contributed by atoms with Crippen LogP contribution in [0.1, 0.15) is 129 Å². The number of aliphatic hydroxyl groups is 1. The van der Waals surface area contributed by atoms with Gasteiger partial charge in [-0.1, -0.05) is 137 Å². The third kappa shape index (κ3) is 36.1. The largest absolute Gasteiger partial charge is 0.472 e. The Morgan fingerprint density at radius 1 is 0.673 bits per heavy atom. The summed E-state index contributed by atoms with van der Waals surface area (Å²) in [5, 5.41) is 13.6. The summed E-state index contributed by atoms with van der Waals surface area (Å²) in [6, 6.07) is -0.855. The number of rotatable bonds is 34. The molecule has 3 atom stereocenters. The van der Waals surface area contributed by atoms with Gasteiger partial charge in [0.05, 0.1) is 39.9 Å². The van der Waals surface area contributed by atoms with Crippen molar-refractivity contribution in [1.29, 1.82) is 0 Å². The number of nitrogens with zero attached hydrogens (tertiary/aromatic N) is 1. The number of hydrogen-bond donors (Lipinski definition) is 3. The fourth-order valence-corrected chi connectivity index (χ4v) is 5.66. The second kappa shape index (κ2) is 34.4. The summed E-state index contributed by atoms with van der Waals surface area (Å²) in [6.45, 7) is 4.53. The molecular weight excluding hydrogens is 671 g/mol. The molecule has 52 heavy (non-hydrogen) atoms. The lowest BCUT2D eigenvalue weighted by molar-refractivity contribution is -0.870. The number of carbonyl (C=O) groups excluding carboxylic acids is 1. The summed E-state index contributed by atoms with van der Waals surface area (Å²) < 4.78 is 23.3. The Balaban J connectivity index is 4.20. The van der Waals surface area contributed by atoms with Crippen LogP contribution in [0.4, 0.5) is 0 Å². The van der Waals surface area contributed by atoms with Crippen molar-refractivity contribution in [3.63, 3.8) is 0 Å². The molecule has 1 amide bonds. The molecule has 0 spiro atoms. The lowest BCUT2D eigenvalue weighted by Gasteiger charge is -2.25. The maximum atomic E-state index is 12.7. The average Bonchev–Trinajstić information content (AvgIpc) is 3.09. The molecule has 0 heterocycles. The lowest BCUT2D eigenvalue weighted by Crippen LogP contribution is -2.45.